The number of likely N-dealkylation sites (tertiary alicyclic amines) is 1. The van der Waals surface area contributed by atoms with Crippen molar-refractivity contribution in [2.45, 2.75) is 25.4 Å². The number of nitrogens with one attached hydrogen (secondary N) is 1. The SMILES string of the molecule is COc1ccccc1CN1CCC(NC(=O)c2cc(-c3ccco3)nn2-c2ccccc2)CC1. The van der Waals surface area contributed by atoms with E-state index in [0.717, 1.165) is 43.9 Å². The summed E-state index contributed by atoms with van der Waals surface area (Å²) in [6.07, 6.45) is 3.40. The molecule has 7 heteroatoms. The molecule has 2 aromatic carbocycles. The van der Waals surface area contributed by atoms with Crippen molar-refractivity contribution in [1.29, 1.82) is 0 Å². The van der Waals surface area contributed by atoms with Gasteiger partial charge in [-0.05, 0) is 43.2 Å². The molecule has 0 atom stereocenters. The summed E-state index contributed by atoms with van der Waals surface area (Å²) in [5.74, 6) is 1.42. The van der Waals surface area contributed by atoms with Crippen molar-refractivity contribution in [3.05, 3.63) is 90.3 Å². The van der Waals surface area contributed by atoms with E-state index in [0.29, 0.717) is 17.1 Å². The molecule has 0 aliphatic carbocycles. The Balaban J connectivity index is 1.27. The second kappa shape index (κ2) is 9.97. The minimum atomic E-state index is -0.127. The van der Waals surface area contributed by atoms with E-state index in [4.69, 9.17) is 9.15 Å². The number of rotatable bonds is 7. The number of nitrogens with zero attached hydrogens (tertiary/aromatic N) is 3. The number of benzene rings is 2. The molecule has 3 heterocycles. The van der Waals surface area contributed by atoms with Crippen molar-refractivity contribution >= 4 is 5.91 Å². The lowest BCUT2D eigenvalue weighted by Crippen LogP contribution is -2.44. The Morgan fingerprint density at radius 1 is 1.06 bits per heavy atom. The Morgan fingerprint density at radius 2 is 1.82 bits per heavy atom. The lowest BCUT2D eigenvalue weighted by molar-refractivity contribution is 0.0901. The first-order chi connectivity index (χ1) is 16.7. The van der Waals surface area contributed by atoms with Crippen molar-refractivity contribution in [3.8, 4) is 22.9 Å². The highest BCUT2D eigenvalue weighted by Crippen LogP contribution is 2.24. The molecular formula is C27H28N4O3. The number of hydrogen-bond acceptors (Lipinski definition) is 5. The standard InChI is InChI=1S/C27H28N4O3/c1-33-25-11-6-5-8-20(25)19-30-15-13-21(14-16-30)28-27(32)24-18-23(26-12-7-17-34-26)29-31(24)22-9-3-2-4-10-22/h2-12,17-18,21H,13-16,19H2,1H3,(H,28,32). The molecule has 1 amide bonds. The van der Waals surface area contributed by atoms with Crippen LogP contribution in [0.5, 0.6) is 5.75 Å². The average Bonchev–Trinajstić information content (AvgIpc) is 3.57. The van der Waals surface area contributed by atoms with Gasteiger partial charge in [0, 0.05) is 37.3 Å². The van der Waals surface area contributed by atoms with Crippen LogP contribution in [0, 0.1) is 0 Å². The summed E-state index contributed by atoms with van der Waals surface area (Å²) in [5.41, 5.74) is 3.14. The summed E-state index contributed by atoms with van der Waals surface area (Å²) in [5, 5.41) is 7.88. The van der Waals surface area contributed by atoms with E-state index in [1.807, 2.05) is 60.7 Å². The average molecular weight is 457 g/mol. The topological polar surface area (TPSA) is 72.5 Å². The molecule has 0 saturated carbocycles. The summed E-state index contributed by atoms with van der Waals surface area (Å²) < 4.78 is 12.7. The molecule has 1 aliphatic heterocycles. The van der Waals surface area contributed by atoms with Gasteiger partial charge in [0.05, 0.1) is 19.1 Å². The predicted molar refractivity (Wildman–Crippen MR) is 130 cm³/mol. The zero-order valence-corrected chi connectivity index (χ0v) is 19.2. The minimum absolute atomic E-state index is 0.118. The Hall–Kier alpha value is -3.84. The lowest BCUT2D eigenvalue weighted by Gasteiger charge is -2.32. The van der Waals surface area contributed by atoms with Gasteiger partial charge in [0.25, 0.3) is 5.91 Å². The Bertz CT molecular complexity index is 1230. The van der Waals surface area contributed by atoms with E-state index < -0.39 is 0 Å². The number of amides is 1. The van der Waals surface area contributed by atoms with Crippen molar-refractivity contribution < 1.29 is 13.9 Å². The van der Waals surface area contributed by atoms with Gasteiger partial charge in [-0.2, -0.15) is 5.10 Å². The van der Waals surface area contributed by atoms with Crippen molar-refractivity contribution in [3.63, 3.8) is 0 Å². The molecular weight excluding hydrogens is 428 g/mol. The van der Waals surface area contributed by atoms with Gasteiger partial charge in [-0.15, -0.1) is 0 Å². The van der Waals surface area contributed by atoms with Gasteiger partial charge in [-0.25, -0.2) is 4.68 Å². The normalized spacial score (nSPS) is 14.7. The molecule has 0 spiro atoms. The van der Waals surface area contributed by atoms with Crippen LogP contribution in [0.15, 0.2) is 83.5 Å². The number of carbonyl (C=O) groups is 1. The van der Waals surface area contributed by atoms with E-state index in [-0.39, 0.29) is 11.9 Å². The van der Waals surface area contributed by atoms with E-state index in [1.165, 1.54) is 5.56 Å². The molecule has 0 bridgehead atoms. The summed E-state index contributed by atoms with van der Waals surface area (Å²) in [4.78, 5) is 15.7. The number of ether oxygens (including phenoxy) is 1. The van der Waals surface area contributed by atoms with Crippen LogP contribution < -0.4 is 10.1 Å². The molecule has 5 rings (SSSR count). The molecule has 2 aromatic heterocycles. The van der Waals surface area contributed by atoms with Gasteiger partial charge in [0.2, 0.25) is 0 Å². The molecule has 1 saturated heterocycles. The van der Waals surface area contributed by atoms with E-state index in [9.17, 15) is 4.79 Å². The zero-order valence-electron chi connectivity index (χ0n) is 19.2. The van der Waals surface area contributed by atoms with Gasteiger partial charge in [-0.3, -0.25) is 9.69 Å². The lowest BCUT2D eigenvalue weighted by atomic mass is 10.0. The second-order valence-electron chi connectivity index (χ2n) is 8.48. The first-order valence-corrected chi connectivity index (χ1v) is 11.6. The number of carbonyl (C=O) groups excluding carboxylic acids is 1. The first-order valence-electron chi connectivity index (χ1n) is 11.6. The maximum absolute atomic E-state index is 13.3. The summed E-state index contributed by atoms with van der Waals surface area (Å²) >= 11 is 0. The fourth-order valence-electron chi connectivity index (χ4n) is 4.42. The van der Waals surface area contributed by atoms with Crippen molar-refractivity contribution in [2.75, 3.05) is 20.2 Å². The number of aromatic nitrogens is 2. The number of piperidine rings is 1. The molecule has 0 radical (unpaired) electrons. The summed E-state index contributed by atoms with van der Waals surface area (Å²) in [7, 11) is 1.71. The summed E-state index contributed by atoms with van der Waals surface area (Å²) in [6, 6.07) is 23.4. The van der Waals surface area contributed by atoms with Gasteiger partial charge >= 0.3 is 0 Å². The van der Waals surface area contributed by atoms with Gasteiger partial charge in [0.15, 0.2) is 5.76 Å². The van der Waals surface area contributed by atoms with Crippen LogP contribution in [0.1, 0.15) is 28.9 Å². The molecule has 0 unspecified atom stereocenters. The van der Waals surface area contributed by atoms with Crippen LogP contribution >= 0.6 is 0 Å². The van der Waals surface area contributed by atoms with Crippen LogP contribution in [0.4, 0.5) is 0 Å². The molecule has 34 heavy (non-hydrogen) atoms. The second-order valence-corrected chi connectivity index (χ2v) is 8.48. The molecule has 7 nitrogen and oxygen atoms in total. The third-order valence-electron chi connectivity index (χ3n) is 6.23. The summed E-state index contributed by atoms with van der Waals surface area (Å²) in [6.45, 7) is 2.68. The van der Waals surface area contributed by atoms with E-state index in [1.54, 1.807) is 24.1 Å². The Labute approximate surface area is 199 Å². The van der Waals surface area contributed by atoms with Gasteiger partial charge in [0.1, 0.15) is 17.1 Å². The van der Waals surface area contributed by atoms with Crippen LogP contribution in [-0.2, 0) is 6.54 Å². The number of methoxy groups -OCH3 is 1. The molecule has 1 aliphatic rings. The largest absolute Gasteiger partial charge is 0.496 e. The van der Waals surface area contributed by atoms with Crippen molar-refractivity contribution in [2.24, 2.45) is 0 Å². The van der Waals surface area contributed by atoms with Gasteiger partial charge < -0.3 is 14.5 Å². The maximum Gasteiger partial charge on any atom is 0.270 e. The molecule has 1 fully saturated rings. The smallest absolute Gasteiger partial charge is 0.270 e. The molecule has 4 aromatic rings. The highest BCUT2D eigenvalue weighted by molar-refractivity contribution is 5.94. The molecule has 174 valence electrons. The Morgan fingerprint density at radius 3 is 2.56 bits per heavy atom. The highest BCUT2D eigenvalue weighted by atomic mass is 16.5. The van der Waals surface area contributed by atoms with E-state index >= 15 is 0 Å². The van der Waals surface area contributed by atoms with Crippen LogP contribution in [-0.4, -0.2) is 46.8 Å². The number of hydrogen-bond donors (Lipinski definition) is 1. The zero-order chi connectivity index (χ0) is 23.3. The van der Waals surface area contributed by atoms with Crippen LogP contribution in [0.2, 0.25) is 0 Å². The molecule has 1 N–H and O–H groups in total. The quantitative estimate of drug-likeness (QED) is 0.442. The highest BCUT2D eigenvalue weighted by Gasteiger charge is 2.25. The first kappa shape index (κ1) is 22.0. The maximum atomic E-state index is 13.3. The van der Waals surface area contributed by atoms with E-state index in [2.05, 4.69) is 21.4 Å². The third kappa shape index (κ3) is 4.75. The van der Waals surface area contributed by atoms with Crippen LogP contribution in [0.25, 0.3) is 17.1 Å². The Kier molecular flexibility index (Phi) is 6.44. The number of para-hydroxylation sites is 2. The number of furan rings is 1. The van der Waals surface area contributed by atoms with Crippen molar-refractivity contribution in [1.82, 2.24) is 20.0 Å². The van der Waals surface area contributed by atoms with Crippen LogP contribution in [0.3, 0.4) is 0 Å². The minimum Gasteiger partial charge on any atom is -0.496 e. The fraction of sp³-hybridized carbons (Fsp3) is 0.259. The predicted octanol–water partition coefficient (Wildman–Crippen LogP) is 4.54. The van der Waals surface area contributed by atoms with Gasteiger partial charge in [-0.1, -0.05) is 36.4 Å². The monoisotopic (exact) mass is 456 g/mol. The fourth-order valence-corrected chi connectivity index (χ4v) is 4.42. The third-order valence-corrected chi connectivity index (χ3v) is 6.23.